The zero-order valence-electron chi connectivity index (χ0n) is 13.5. The number of aliphatic carboxylic acids is 1. The van der Waals surface area contributed by atoms with Crippen LogP contribution in [0.1, 0.15) is 12.0 Å². The lowest BCUT2D eigenvalue weighted by Gasteiger charge is -2.09. The van der Waals surface area contributed by atoms with Gasteiger partial charge in [-0.1, -0.05) is 6.07 Å². The number of amides is 1. The van der Waals surface area contributed by atoms with Crippen LogP contribution in [0, 0.1) is 0 Å². The van der Waals surface area contributed by atoms with Crippen LogP contribution in [-0.4, -0.2) is 41.0 Å². The van der Waals surface area contributed by atoms with Gasteiger partial charge in [-0.25, -0.2) is 0 Å². The van der Waals surface area contributed by atoms with Crippen molar-refractivity contribution in [2.75, 3.05) is 19.5 Å². The maximum atomic E-state index is 12.0. The summed E-state index contributed by atoms with van der Waals surface area (Å²) in [5, 5.41) is 15.3. The first kappa shape index (κ1) is 17.3. The Hall–Kier alpha value is -3.03. The summed E-state index contributed by atoms with van der Waals surface area (Å²) in [5.74, 6) is 0.376. The third-order valence-electron chi connectivity index (χ3n) is 3.29. The van der Waals surface area contributed by atoms with Gasteiger partial charge >= 0.3 is 5.97 Å². The van der Waals surface area contributed by atoms with E-state index in [1.807, 2.05) is 12.1 Å². The number of hydrogen-bond donors (Lipinski definition) is 2. The number of carboxylic acid groups (broad SMARTS) is 1. The summed E-state index contributed by atoms with van der Waals surface area (Å²) in [4.78, 5) is 22.6. The van der Waals surface area contributed by atoms with Gasteiger partial charge in [0, 0.05) is 18.7 Å². The van der Waals surface area contributed by atoms with Crippen molar-refractivity contribution >= 4 is 17.7 Å². The number of aromatic nitrogens is 2. The van der Waals surface area contributed by atoms with Crippen LogP contribution in [-0.2, 0) is 22.6 Å². The number of rotatable bonds is 8. The fourth-order valence-corrected chi connectivity index (χ4v) is 2.15. The number of nitrogens with one attached hydrogen (secondary N) is 1. The number of carboxylic acids is 1. The molecule has 0 aliphatic carbocycles. The Labute approximate surface area is 139 Å². The quantitative estimate of drug-likeness (QED) is 0.760. The number of benzene rings is 1. The molecule has 0 saturated heterocycles. The van der Waals surface area contributed by atoms with E-state index in [0.29, 0.717) is 23.7 Å². The van der Waals surface area contributed by atoms with Gasteiger partial charge in [0.1, 0.15) is 6.54 Å². The second-order valence-electron chi connectivity index (χ2n) is 5.03. The molecule has 0 fully saturated rings. The zero-order chi connectivity index (χ0) is 17.5. The predicted octanol–water partition coefficient (Wildman–Crippen LogP) is 1.56. The number of hydrogen-bond acceptors (Lipinski definition) is 5. The molecule has 2 aromatic rings. The summed E-state index contributed by atoms with van der Waals surface area (Å²) in [5.41, 5.74) is 0.944. The highest BCUT2D eigenvalue weighted by atomic mass is 16.5. The SMILES string of the molecule is COc1ccc(CCC(=O)Nc2ccn(CC(=O)O)n2)cc1OC. The fraction of sp³-hybridized carbons (Fsp3) is 0.312. The molecule has 0 aliphatic heterocycles. The highest BCUT2D eigenvalue weighted by molar-refractivity contribution is 5.89. The van der Waals surface area contributed by atoms with E-state index in [0.717, 1.165) is 5.56 Å². The maximum absolute atomic E-state index is 12.0. The molecule has 128 valence electrons. The Morgan fingerprint density at radius 1 is 1.21 bits per heavy atom. The number of ether oxygens (including phenoxy) is 2. The lowest BCUT2D eigenvalue weighted by atomic mass is 10.1. The molecule has 1 amide bonds. The maximum Gasteiger partial charge on any atom is 0.325 e. The number of aryl methyl sites for hydroxylation is 1. The van der Waals surface area contributed by atoms with Crippen molar-refractivity contribution in [3.63, 3.8) is 0 Å². The summed E-state index contributed by atoms with van der Waals surface area (Å²) < 4.78 is 11.6. The average Bonchev–Trinajstić information content (AvgIpc) is 2.98. The van der Waals surface area contributed by atoms with Gasteiger partial charge in [0.25, 0.3) is 0 Å². The molecule has 0 bridgehead atoms. The summed E-state index contributed by atoms with van der Waals surface area (Å²) in [7, 11) is 3.12. The van der Waals surface area contributed by atoms with E-state index in [9.17, 15) is 9.59 Å². The topological polar surface area (TPSA) is 103 Å². The molecule has 8 nitrogen and oxygen atoms in total. The minimum atomic E-state index is -0.996. The molecule has 8 heteroatoms. The Bertz CT molecular complexity index is 726. The van der Waals surface area contributed by atoms with Crippen LogP contribution in [0.15, 0.2) is 30.5 Å². The molecular weight excluding hydrogens is 314 g/mol. The van der Waals surface area contributed by atoms with E-state index in [-0.39, 0.29) is 18.9 Å². The first-order chi connectivity index (χ1) is 11.5. The van der Waals surface area contributed by atoms with Gasteiger partial charge in [-0.15, -0.1) is 0 Å². The standard InChI is InChI=1S/C16H19N3O5/c1-23-12-5-3-11(9-13(12)24-2)4-6-15(20)17-14-7-8-19(18-14)10-16(21)22/h3,5,7-9H,4,6,10H2,1-2H3,(H,21,22)(H,17,18,20). The number of anilines is 1. The first-order valence-corrected chi connectivity index (χ1v) is 7.28. The predicted molar refractivity (Wildman–Crippen MR) is 86.4 cm³/mol. The van der Waals surface area contributed by atoms with Gasteiger partial charge in [0.05, 0.1) is 14.2 Å². The van der Waals surface area contributed by atoms with Gasteiger partial charge in [0.15, 0.2) is 17.3 Å². The lowest BCUT2D eigenvalue weighted by Crippen LogP contribution is -2.14. The molecule has 0 unspecified atom stereocenters. The number of methoxy groups -OCH3 is 2. The van der Waals surface area contributed by atoms with Gasteiger partial charge in [-0.3, -0.25) is 14.3 Å². The highest BCUT2D eigenvalue weighted by Crippen LogP contribution is 2.27. The Kier molecular flexibility index (Phi) is 5.78. The van der Waals surface area contributed by atoms with E-state index < -0.39 is 5.97 Å². The molecule has 1 heterocycles. The largest absolute Gasteiger partial charge is 0.493 e. The van der Waals surface area contributed by atoms with Crippen molar-refractivity contribution in [2.45, 2.75) is 19.4 Å². The molecule has 0 aliphatic rings. The van der Waals surface area contributed by atoms with Crippen LogP contribution in [0.25, 0.3) is 0 Å². The first-order valence-electron chi connectivity index (χ1n) is 7.28. The minimum absolute atomic E-state index is 0.203. The van der Waals surface area contributed by atoms with E-state index in [1.54, 1.807) is 26.4 Å². The van der Waals surface area contributed by atoms with Crippen molar-refractivity contribution in [2.24, 2.45) is 0 Å². The minimum Gasteiger partial charge on any atom is -0.493 e. The zero-order valence-corrected chi connectivity index (χ0v) is 13.5. The number of carbonyl (C=O) groups excluding carboxylic acids is 1. The number of nitrogens with zero attached hydrogens (tertiary/aromatic N) is 2. The van der Waals surface area contributed by atoms with E-state index in [1.165, 1.54) is 10.9 Å². The molecular formula is C16H19N3O5. The number of carbonyl (C=O) groups is 2. The molecule has 1 aromatic heterocycles. The molecule has 0 radical (unpaired) electrons. The third-order valence-corrected chi connectivity index (χ3v) is 3.29. The molecule has 1 aromatic carbocycles. The lowest BCUT2D eigenvalue weighted by molar-refractivity contribution is -0.137. The molecule has 2 N–H and O–H groups in total. The van der Waals surface area contributed by atoms with Crippen molar-refractivity contribution in [3.05, 3.63) is 36.0 Å². The molecule has 24 heavy (non-hydrogen) atoms. The molecule has 0 saturated carbocycles. The second-order valence-corrected chi connectivity index (χ2v) is 5.03. The Balaban J connectivity index is 1.89. The van der Waals surface area contributed by atoms with Crippen LogP contribution in [0.3, 0.4) is 0 Å². The van der Waals surface area contributed by atoms with E-state index in [4.69, 9.17) is 14.6 Å². The summed E-state index contributed by atoms with van der Waals surface area (Å²) in [6.45, 7) is -0.248. The van der Waals surface area contributed by atoms with Crippen molar-refractivity contribution in [1.29, 1.82) is 0 Å². The highest BCUT2D eigenvalue weighted by Gasteiger charge is 2.09. The van der Waals surface area contributed by atoms with Crippen LogP contribution < -0.4 is 14.8 Å². The van der Waals surface area contributed by atoms with Gasteiger partial charge in [-0.05, 0) is 24.1 Å². The fourth-order valence-electron chi connectivity index (χ4n) is 2.15. The van der Waals surface area contributed by atoms with Crippen molar-refractivity contribution < 1.29 is 24.2 Å². The van der Waals surface area contributed by atoms with Crippen LogP contribution in [0.4, 0.5) is 5.82 Å². The van der Waals surface area contributed by atoms with Crippen LogP contribution in [0.5, 0.6) is 11.5 Å². The second kappa shape index (κ2) is 8.00. The Morgan fingerprint density at radius 2 is 1.96 bits per heavy atom. The van der Waals surface area contributed by atoms with Gasteiger partial charge in [-0.2, -0.15) is 5.10 Å². The molecule has 0 spiro atoms. The van der Waals surface area contributed by atoms with Gasteiger partial charge < -0.3 is 19.9 Å². The molecule has 2 rings (SSSR count). The average molecular weight is 333 g/mol. The third kappa shape index (κ3) is 4.73. The molecule has 0 atom stereocenters. The summed E-state index contributed by atoms with van der Waals surface area (Å²) >= 11 is 0. The smallest absolute Gasteiger partial charge is 0.325 e. The van der Waals surface area contributed by atoms with Crippen molar-refractivity contribution in [1.82, 2.24) is 9.78 Å². The van der Waals surface area contributed by atoms with E-state index >= 15 is 0 Å². The van der Waals surface area contributed by atoms with Crippen LogP contribution >= 0.6 is 0 Å². The van der Waals surface area contributed by atoms with E-state index in [2.05, 4.69) is 10.4 Å². The monoisotopic (exact) mass is 333 g/mol. The summed E-state index contributed by atoms with van der Waals surface area (Å²) in [6.07, 6.45) is 2.29. The van der Waals surface area contributed by atoms with Gasteiger partial charge in [0.2, 0.25) is 5.91 Å². The Morgan fingerprint density at radius 3 is 2.62 bits per heavy atom. The normalized spacial score (nSPS) is 10.2. The summed E-state index contributed by atoms with van der Waals surface area (Å²) in [6, 6.07) is 7.04. The van der Waals surface area contributed by atoms with Crippen molar-refractivity contribution in [3.8, 4) is 11.5 Å². The van der Waals surface area contributed by atoms with Crippen LogP contribution in [0.2, 0.25) is 0 Å².